The molecule has 0 aliphatic rings. The zero-order valence-electron chi connectivity index (χ0n) is 8.00. The summed E-state index contributed by atoms with van der Waals surface area (Å²) >= 11 is 0. The molecule has 0 aromatic heterocycles. The number of azide groups is 1. The largest absolute Gasteiger partial charge is 0.419 e. The molecular formula is C9H7F4N3. The molecule has 0 heterocycles. The quantitative estimate of drug-likeness (QED) is 0.331. The second-order valence-corrected chi connectivity index (χ2v) is 3.02. The van der Waals surface area contributed by atoms with Crippen molar-refractivity contribution in [2.45, 2.75) is 12.6 Å². The lowest BCUT2D eigenvalue weighted by atomic mass is 10.1. The Morgan fingerprint density at radius 3 is 2.56 bits per heavy atom. The van der Waals surface area contributed by atoms with Crippen LogP contribution in [0.25, 0.3) is 10.4 Å². The first kappa shape index (κ1) is 12.3. The molecule has 86 valence electrons. The lowest BCUT2D eigenvalue weighted by molar-refractivity contribution is -0.140. The molecular weight excluding hydrogens is 226 g/mol. The highest BCUT2D eigenvalue weighted by molar-refractivity contribution is 5.27. The van der Waals surface area contributed by atoms with Crippen LogP contribution in [0.2, 0.25) is 0 Å². The topological polar surface area (TPSA) is 48.8 Å². The summed E-state index contributed by atoms with van der Waals surface area (Å²) in [6.07, 6.45) is -4.56. The molecule has 0 spiro atoms. The van der Waals surface area contributed by atoms with Crippen LogP contribution in [0.1, 0.15) is 11.1 Å². The molecule has 0 aliphatic heterocycles. The van der Waals surface area contributed by atoms with E-state index in [2.05, 4.69) is 10.0 Å². The van der Waals surface area contributed by atoms with E-state index in [0.717, 1.165) is 12.1 Å². The maximum absolute atomic E-state index is 12.9. The van der Waals surface area contributed by atoms with Crippen molar-refractivity contribution in [2.24, 2.45) is 5.11 Å². The van der Waals surface area contributed by atoms with Gasteiger partial charge in [-0.15, -0.1) is 0 Å². The summed E-state index contributed by atoms with van der Waals surface area (Å²) in [5.41, 5.74) is 6.97. The van der Waals surface area contributed by atoms with Gasteiger partial charge in [-0.3, -0.25) is 0 Å². The molecule has 0 aliphatic carbocycles. The molecule has 0 fully saturated rings. The summed E-state index contributed by atoms with van der Waals surface area (Å²) in [6.45, 7) is 0.0411. The molecule has 3 nitrogen and oxygen atoms in total. The fourth-order valence-electron chi connectivity index (χ4n) is 1.17. The summed E-state index contributed by atoms with van der Waals surface area (Å²) in [5, 5.41) is 3.19. The second-order valence-electron chi connectivity index (χ2n) is 3.02. The van der Waals surface area contributed by atoms with Crippen molar-refractivity contribution >= 4 is 0 Å². The zero-order valence-corrected chi connectivity index (χ0v) is 8.00. The minimum absolute atomic E-state index is 0.0411. The van der Waals surface area contributed by atoms with Gasteiger partial charge in [0.15, 0.2) is 0 Å². The molecule has 1 aromatic rings. The molecule has 0 amide bonds. The third-order valence-electron chi connectivity index (χ3n) is 1.90. The minimum atomic E-state index is -4.71. The van der Waals surface area contributed by atoms with E-state index in [1.165, 1.54) is 6.07 Å². The Morgan fingerprint density at radius 2 is 2.00 bits per heavy atom. The van der Waals surface area contributed by atoms with Crippen LogP contribution in [0.3, 0.4) is 0 Å². The van der Waals surface area contributed by atoms with Gasteiger partial charge >= 0.3 is 6.18 Å². The number of nitrogens with zero attached hydrogens (tertiary/aromatic N) is 3. The smallest absolute Gasteiger partial charge is 0.206 e. The molecule has 7 heteroatoms. The van der Waals surface area contributed by atoms with Gasteiger partial charge in [0.1, 0.15) is 5.82 Å². The summed E-state index contributed by atoms with van der Waals surface area (Å²) < 4.78 is 49.7. The van der Waals surface area contributed by atoms with Crippen molar-refractivity contribution in [1.29, 1.82) is 0 Å². The number of benzene rings is 1. The van der Waals surface area contributed by atoms with Gasteiger partial charge in [0.2, 0.25) is 0 Å². The van der Waals surface area contributed by atoms with E-state index >= 15 is 0 Å². The van der Waals surface area contributed by atoms with Crippen LogP contribution in [-0.2, 0) is 12.6 Å². The summed E-state index contributed by atoms with van der Waals surface area (Å²) in [6, 6.07) is 2.72. The molecule has 1 rings (SSSR count). The van der Waals surface area contributed by atoms with Crippen molar-refractivity contribution in [3.05, 3.63) is 45.6 Å². The van der Waals surface area contributed by atoms with Gasteiger partial charge in [0, 0.05) is 11.5 Å². The standard InChI is InChI=1S/C9H7F4N3/c10-8-2-1-6(3-4-15-16-14)5-7(8)9(11,12)13/h1-2,5H,3-4H2. The maximum Gasteiger partial charge on any atom is 0.419 e. The van der Waals surface area contributed by atoms with Crippen molar-refractivity contribution in [3.8, 4) is 0 Å². The Balaban J connectivity index is 2.94. The highest BCUT2D eigenvalue weighted by atomic mass is 19.4. The number of hydrogen-bond donors (Lipinski definition) is 0. The second kappa shape index (κ2) is 4.85. The Hall–Kier alpha value is -1.75. The number of halogens is 4. The summed E-state index contributed by atoms with van der Waals surface area (Å²) in [4.78, 5) is 2.47. The minimum Gasteiger partial charge on any atom is -0.206 e. The average molecular weight is 233 g/mol. The third-order valence-corrected chi connectivity index (χ3v) is 1.90. The van der Waals surface area contributed by atoms with Gasteiger partial charge in [0.05, 0.1) is 5.56 Å². The first-order chi connectivity index (χ1) is 7.45. The van der Waals surface area contributed by atoms with E-state index < -0.39 is 17.6 Å². The molecule has 0 saturated heterocycles. The van der Waals surface area contributed by atoms with E-state index in [1.807, 2.05) is 0 Å². The monoisotopic (exact) mass is 233 g/mol. The predicted molar refractivity (Wildman–Crippen MR) is 49.1 cm³/mol. The van der Waals surface area contributed by atoms with Gasteiger partial charge in [-0.05, 0) is 29.6 Å². The Labute approximate surface area is 88.3 Å². The first-order valence-electron chi connectivity index (χ1n) is 4.31. The molecule has 0 radical (unpaired) electrons. The number of rotatable bonds is 3. The van der Waals surface area contributed by atoms with Crippen LogP contribution in [0.5, 0.6) is 0 Å². The van der Waals surface area contributed by atoms with Crippen LogP contribution in [0, 0.1) is 5.82 Å². The highest BCUT2D eigenvalue weighted by Gasteiger charge is 2.34. The van der Waals surface area contributed by atoms with Crippen molar-refractivity contribution in [3.63, 3.8) is 0 Å². The van der Waals surface area contributed by atoms with Crippen molar-refractivity contribution in [1.82, 2.24) is 0 Å². The normalized spacial score (nSPS) is 11.0. The number of alkyl halides is 3. The highest BCUT2D eigenvalue weighted by Crippen LogP contribution is 2.31. The lowest BCUT2D eigenvalue weighted by Crippen LogP contribution is -2.09. The van der Waals surface area contributed by atoms with Crippen molar-refractivity contribution in [2.75, 3.05) is 6.54 Å². The van der Waals surface area contributed by atoms with Crippen LogP contribution < -0.4 is 0 Å². The number of hydrogen-bond acceptors (Lipinski definition) is 1. The van der Waals surface area contributed by atoms with Crippen LogP contribution >= 0.6 is 0 Å². The molecule has 0 atom stereocenters. The molecule has 0 N–H and O–H groups in total. The third kappa shape index (κ3) is 3.13. The molecule has 0 saturated carbocycles. The van der Waals surface area contributed by atoms with Gasteiger partial charge in [-0.25, -0.2) is 4.39 Å². The van der Waals surface area contributed by atoms with E-state index in [4.69, 9.17) is 5.53 Å². The van der Waals surface area contributed by atoms with E-state index in [-0.39, 0.29) is 18.5 Å². The molecule has 0 unspecified atom stereocenters. The molecule has 1 aromatic carbocycles. The van der Waals surface area contributed by atoms with Crippen LogP contribution in [0.15, 0.2) is 23.3 Å². The first-order valence-corrected chi connectivity index (χ1v) is 4.31. The predicted octanol–water partition coefficient (Wildman–Crippen LogP) is 3.70. The SMILES string of the molecule is [N-]=[N+]=NCCc1ccc(F)c(C(F)(F)F)c1. The molecule has 16 heavy (non-hydrogen) atoms. The summed E-state index contributed by atoms with van der Waals surface area (Å²) in [5.74, 6) is -1.31. The van der Waals surface area contributed by atoms with Crippen LogP contribution in [-0.4, -0.2) is 6.54 Å². The molecule has 0 bridgehead atoms. The van der Waals surface area contributed by atoms with Gasteiger partial charge in [-0.2, -0.15) is 13.2 Å². The van der Waals surface area contributed by atoms with Crippen LogP contribution in [0.4, 0.5) is 17.6 Å². The Bertz CT molecular complexity index is 421. The van der Waals surface area contributed by atoms with E-state index in [1.54, 1.807) is 0 Å². The zero-order chi connectivity index (χ0) is 12.2. The Morgan fingerprint density at radius 1 is 1.31 bits per heavy atom. The fraction of sp³-hybridized carbons (Fsp3) is 0.333. The van der Waals surface area contributed by atoms with Crippen molar-refractivity contribution < 1.29 is 17.6 Å². The van der Waals surface area contributed by atoms with E-state index in [0.29, 0.717) is 0 Å². The lowest BCUT2D eigenvalue weighted by Gasteiger charge is -2.09. The Kier molecular flexibility index (Phi) is 3.73. The van der Waals surface area contributed by atoms with Gasteiger partial charge in [-0.1, -0.05) is 11.2 Å². The fourth-order valence-corrected chi connectivity index (χ4v) is 1.17. The van der Waals surface area contributed by atoms with Gasteiger partial charge in [0.25, 0.3) is 0 Å². The van der Waals surface area contributed by atoms with E-state index in [9.17, 15) is 17.6 Å². The maximum atomic E-state index is 12.9. The van der Waals surface area contributed by atoms with Gasteiger partial charge < -0.3 is 0 Å². The summed E-state index contributed by atoms with van der Waals surface area (Å²) in [7, 11) is 0. The average Bonchev–Trinajstić information content (AvgIpc) is 2.19.